The maximum Gasteiger partial charge on any atom is 0.326 e. The molecular weight excluding hydrogens is 456 g/mol. The molecule has 1 saturated heterocycles. The number of para-hydroxylation sites is 2. The van der Waals surface area contributed by atoms with Gasteiger partial charge in [-0.2, -0.15) is 5.10 Å². The number of likely N-dealkylation sites (tertiary alicyclic amines) is 1. The fourth-order valence-electron chi connectivity index (χ4n) is 5.30. The molecule has 0 bridgehead atoms. The number of amides is 2. The summed E-state index contributed by atoms with van der Waals surface area (Å²) in [5, 5.41) is 7.22. The number of carbonyl (C=O) groups is 2. The number of H-pyrrole nitrogens is 1. The first-order valence-electron chi connectivity index (χ1n) is 12.4. The minimum Gasteiger partial charge on any atom is -0.330 e. The molecule has 4 aromatic rings. The Morgan fingerprint density at radius 1 is 1.08 bits per heavy atom. The highest BCUT2D eigenvalue weighted by Gasteiger charge is 2.54. The highest BCUT2D eigenvalue weighted by molar-refractivity contribution is 5.97. The maximum absolute atomic E-state index is 13.2. The van der Waals surface area contributed by atoms with Gasteiger partial charge >= 0.3 is 5.69 Å². The van der Waals surface area contributed by atoms with Gasteiger partial charge in [-0.1, -0.05) is 12.1 Å². The van der Waals surface area contributed by atoms with Gasteiger partial charge in [-0.3, -0.25) is 14.2 Å². The quantitative estimate of drug-likeness (QED) is 0.420. The number of anilines is 1. The zero-order valence-corrected chi connectivity index (χ0v) is 19.9. The van der Waals surface area contributed by atoms with Crippen LogP contribution in [0.25, 0.3) is 16.7 Å². The van der Waals surface area contributed by atoms with E-state index in [4.69, 9.17) is 0 Å². The summed E-state index contributed by atoms with van der Waals surface area (Å²) in [7, 11) is 0. The van der Waals surface area contributed by atoms with Crippen molar-refractivity contribution in [2.75, 3.05) is 11.9 Å². The van der Waals surface area contributed by atoms with Crippen LogP contribution < -0.4 is 11.0 Å². The van der Waals surface area contributed by atoms with Gasteiger partial charge in [0.2, 0.25) is 11.8 Å². The highest BCUT2D eigenvalue weighted by Crippen LogP contribution is 2.55. The molecule has 2 aromatic carbocycles. The van der Waals surface area contributed by atoms with E-state index < -0.39 is 6.04 Å². The lowest BCUT2D eigenvalue weighted by molar-refractivity contribution is -0.136. The second kappa shape index (κ2) is 8.82. The van der Waals surface area contributed by atoms with Crippen molar-refractivity contribution in [1.82, 2.24) is 24.2 Å². The molecule has 2 aromatic heterocycles. The predicted molar refractivity (Wildman–Crippen MR) is 136 cm³/mol. The summed E-state index contributed by atoms with van der Waals surface area (Å²) >= 11 is 0. The number of nitrogens with one attached hydrogen (secondary N) is 2. The number of nitrogens with zero attached hydrogens (tertiary/aromatic N) is 4. The summed E-state index contributed by atoms with van der Waals surface area (Å²) in [6.07, 6.45) is 7.23. The molecule has 1 aliphatic heterocycles. The predicted octanol–water partition coefficient (Wildman–Crippen LogP) is 3.32. The van der Waals surface area contributed by atoms with Crippen LogP contribution in [0.15, 0.2) is 71.8 Å². The van der Waals surface area contributed by atoms with Crippen molar-refractivity contribution in [1.29, 1.82) is 0 Å². The number of carbonyl (C=O) groups excluding carboxylic acids is 2. The van der Waals surface area contributed by atoms with E-state index in [0.29, 0.717) is 38.0 Å². The number of aromatic amines is 1. The maximum atomic E-state index is 13.2. The Kier molecular flexibility index (Phi) is 5.47. The summed E-state index contributed by atoms with van der Waals surface area (Å²) in [6, 6.07) is 16.4. The van der Waals surface area contributed by atoms with Crippen LogP contribution in [0.2, 0.25) is 0 Å². The van der Waals surface area contributed by atoms with Crippen LogP contribution in [0.5, 0.6) is 0 Å². The van der Waals surface area contributed by atoms with E-state index >= 15 is 0 Å². The number of imidazole rings is 1. The molecule has 6 rings (SSSR count). The number of rotatable bonds is 7. The largest absolute Gasteiger partial charge is 0.330 e. The molecule has 1 spiro atoms. The molecule has 36 heavy (non-hydrogen) atoms. The minimum atomic E-state index is -0.471. The van der Waals surface area contributed by atoms with E-state index in [2.05, 4.69) is 15.4 Å². The van der Waals surface area contributed by atoms with Crippen LogP contribution in [0.4, 0.5) is 5.69 Å². The normalized spacial score (nSPS) is 18.1. The third kappa shape index (κ3) is 4.21. The first-order chi connectivity index (χ1) is 17.5. The van der Waals surface area contributed by atoms with E-state index in [1.54, 1.807) is 20.3 Å². The first kappa shape index (κ1) is 22.3. The van der Waals surface area contributed by atoms with E-state index in [-0.39, 0.29) is 22.9 Å². The van der Waals surface area contributed by atoms with Gasteiger partial charge in [0.1, 0.15) is 6.04 Å². The lowest BCUT2D eigenvalue weighted by atomic mass is 10.0. The fourth-order valence-corrected chi connectivity index (χ4v) is 5.30. The number of hydrogen-bond donors (Lipinski definition) is 2. The average Bonchev–Trinajstić information content (AvgIpc) is 3.21. The van der Waals surface area contributed by atoms with Crippen LogP contribution in [-0.4, -0.2) is 48.6 Å². The minimum absolute atomic E-state index is 0.0270. The molecule has 184 valence electrons. The average molecular weight is 485 g/mol. The van der Waals surface area contributed by atoms with Crippen molar-refractivity contribution in [2.24, 2.45) is 5.41 Å². The monoisotopic (exact) mass is 484 g/mol. The van der Waals surface area contributed by atoms with Gasteiger partial charge in [-0.05, 0) is 73.6 Å². The number of aromatic nitrogens is 4. The number of hydrogen-bond acceptors (Lipinski definition) is 4. The Bertz CT molecular complexity index is 1460. The lowest BCUT2D eigenvalue weighted by Crippen LogP contribution is -2.43. The van der Waals surface area contributed by atoms with Gasteiger partial charge in [0.15, 0.2) is 0 Å². The van der Waals surface area contributed by atoms with Gasteiger partial charge in [0, 0.05) is 37.6 Å². The zero-order chi connectivity index (χ0) is 24.7. The van der Waals surface area contributed by atoms with Gasteiger partial charge in [-0.15, -0.1) is 0 Å². The number of aryl methyl sites for hydroxylation is 1. The molecule has 9 heteroatoms. The standard InChI is InChI=1S/C27H28N6O3/c34-24(7-3-15-31-22-6-2-1-5-21(22)30-26(31)36)32-18-27(12-13-27)17-23(32)25(35)29-19-8-10-20(11-9-19)33-16-4-14-28-33/h1-2,4-6,8-11,14,16,23H,3,7,12-13,15,17-18H2,(H,29,35)(H,30,36)/t23-/m0/s1. The smallest absolute Gasteiger partial charge is 0.326 e. The molecule has 2 amide bonds. The van der Waals surface area contributed by atoms with Crippen LogP contribution in [0.1, 0.15) is 32.1 Å². The van der Waals surface area contributed by atoms with Crippen molar-refractivity contribution in [2.45, 2.75) is 44.7 Å². The van der Waals surface area contributed by atoms with E-state index in [1.807, 2.05) is 60.8 Å². The Hall–Kier alpha value is -4.14. The zero-order valence-electron chi connectivity index (χ0n) is 19.9. The van der Waals surface area contributed by atoms with Gasteiger partial charge in [0.05, 0.1) is 16.7 Å². The van der Waals surface area contributed by atoms with Crippen molar-refractivity contribution in [3.05, 3.63) is 77.5 Å². The lowest BCUT2D eigenvalue weighted by Gasteiger charge is -2.24. The molecule has 2 N–H and O–H groups in total. The Labute approximate surface area is 207 Å². The van der Waals surface area contributed by atoms with Crippen molar-refractivity contribution < 1.29 is 9.59 Å². The number of fused-ring (bicyclic) bond motifs is 1. The summed E-state index contributed by atoms with van der Waals surface area (Å²) in [4.78, 5) is 43.4. The van der Waals surface area contributed by atoms with Gasteiger partial charge in [-0.25, -0.2) is 9.48 Å². The summed E-state index contributed by atoms with van der Waals surface area (Å²) in [6.45, 7) is 1.09. The third-order valence-electron chi connectivity index (χ3n) is 7.45. The van der Waals surface area contributed by atoms with Crippen molar-refractivity contribution >= 4 is 28.5 Å². The molecule has 1 atom stereocenters. The molecule has 0 unspecified atom stereocenters. The summed E-state index contributed by atoms with van der Waals surface area (Å²) in [5.74, 6) is -0.173. The molecule has 1 saturated carbocycles. The van der Waals surface area contributed by atoms with Crippen LogP contribution in [0, 0.1) is 5.41 Å². The molecule has 2 fully saturated rings. The first-order valence-corrected chi connectivity index (χ1v) is 12.4. The summed E-state index contributed by atoms with van der Waals surface area (Å²) in [5.41, 5.74) is 3.15. The molecule has 0 radical (unpaired) electrons. The number of benzene rings is 2. The van der Waals surface area contributed by atoms with E-state index in [1.165, 1.54) is 0 Å². The fraction of sp³-hybridized carbons (Fsp3) is 0.333. The third-order valence-corrected chi connectivity index (χ3v) is 7.45. The van der Waals surface area contributed by atoms with Crippen molar-refractivity contribution in [3.63, 3.8) is 0 Å². The van der Waals surface area contributed by atoms with Crippen LogP contribution >= 0.6 is 0 Å². The van der Waals surface area contributed by atoms with Crippen LogP contribution in [-0.2, 0) is 16.1 Å². The molecule has 9 nitrogen and oxygen atoms in total. The van der Waals surface area contributed by atoms with Crippen LogP contribution in [0.3, 0.4) is 0 Å². The second-order valence-corrected chi connectivity index (χ2v) is 9.93. The summed E-state index contributed by atoms with van der Waals surface area (Å²) < 4.78 is 3.43. The van der Waals surface area contributed by atoms with E-state index in [9.17, 15) is 14.4 Å². The highest BCUT2D eigenvalue weighted by atomic mass is 16.2. The molecule has 2 aliphatic rings. The SMILES string of the molecule is O=C(Nc1ccc(-n2cccn2)cc1)[C@@H]1CC2(CC2)CN1C(=O)CCCn1c(=O)[nH]c2ccccc21. The molecule has 1 aliphatic carbocycles. The van der Waals surface area contributed by atoms with Crippen molar-refractivity contribution in [3.8, 4) is 5.69 Å². The Morgan fingerprint density at radius 2 is 1.89 bits per heavy atom. The Morgan fingerprint density at radius 3 is 2.64 bits per heavy atom. The van der Waals surface area contributed by atoms with E-state index in [0.717, 1.165) is 29.6 Å². The van der Waals surface area contributed by atoms with Gasteiger partial charge < -0.3 is 15.2 Å². The molecular formula is C27H28N6O3. The Balaban J connectivity index is 1.10. The van der Waals surface area contributed by atoms with Gasteiger partial charge in [0.25, 0.3) is 0 Å². The second-order valence-electron chi connectivity index (χ2n) is 9.93. The topological polar surface area (TPSA) is 105 Å². The molecule has 3 heterocycles.